The third-order valence-corrected chi connectivity index (χ3v) is 3.11. The first-order chi connectivity index (χ1) is 7.18. The van der Waals surface area contributed by atoms with Gasteiger partial charge in [-0.15, -0.1) is 0 Å². The lowest BCUT2D eigenvalue weighted by atomic mass is 10.1. The van der Waals surface area contributed by atoms with Crippen molar-refractivity contribution in [2.45, 2.75) is 0 Å². The molecule has 0 spiro atoms. The van der Waals surface area contributed by atoms with Gasteiger partial charge in [0.25, 0.3) is 0 Å². The third-order valence-electron chi connectivity index (χ3n) is 1.88. The molecule has 0 aliphatic rings. The Morgan fingerprint density at radius 2 is 2.20 bits per heavy atom. The fourth-order valence-corrected chi connectivity index (χ4v) is 1.88. The van der Waals surface area contributed by atoms with Crippen LogP contribution in [0.3, 0.4) is 0 Å². The van der Waals surface area contributed by atoms with Crippen LogP contribution < -0.4 is 0 Å². The molecule has 1 heterocycles. The molecule has 0 unspecified atom stereocenters. The molecule has 2 rings (SSSR count). The molecule has 76 valence electrons. The van der Waals surface area contributed by atoms with Crippen LogP contribution >= 0.6 is 27.5 Å². The van der Waals surface area contributed by atoms with Crippen molar-refractivity contribution in [3.05, 3.63) is 51.2 Å². The highest BCUT2D eigenvalue weighted by Crippen LogP contribution is 2.18. The maximum absolute atomic E-state index is 13.2. The number of nitrogens with zero attached hydrogens (tertiary/aromatic N) is 1. The molecule has 1 aromatic heterocycles. The Morgan fingerprint density at radius 3 is 2.80 bits per heavy atom. The highest BCUT2D eigenvalue weighted by atomic mass is 79.9. The van der Waals surface area contributed by atoms with Gasteiger partial charge in [0, 0.05) is 10.9 Å². The van der Waals surface area contributed by atoms with Gasteiger partial charge in [-0.1, -0.05) is 0 Å². The maximum atomic E-state index is 13.2. The van der Waals surface area contributed by atoms with Crippen LogP contribution in [0.1, 0.15) is 15.9 Å². The number of ketones is 1. The monoisotopic (exact) mass is 285 g/mol. The van der Waals surface area contributed by atoms with E-state index in [-0.39, 0.29) is 5.78 Å². The smallest absolute Gasteiger partial charge is 0.195 e. The lowest BCUT2D eigenvalue weighted by Gasteiger charge is -1.99. The molecule has 0 saturated carbocycles. The predicted octanol–water partition coefficient (Wildman–Crippen LogP) is 3.28. The Balaban J connectivity index is 2.39. The van der Waals surface area contributed by atoms with Gasteiger partial charge in [0.1, 0.15) is 5.82 Å². The SMILES string of the molecule is O=C(c1cnsc1)c1ccc(Br)c(F)c1. The minimum absolute atomic E-state index is 0.213. The van der Waals surface area contributed by atoms with Gasteiger partial charge in [-0.25, -0.2) is 8.76 Å². The van der Waals surface area contributed by atoms with Gasteiger partial charge >= 0.3 is 0 Å². The molecule has 1 aromatic carbocycles. The number of hydrogen-bond acceptors (Lipinski definition) is 3. The quantitative estimate of drug-likeness (QED) is 0.793. The van der Waals surface area contributed by atoms with E-state index < -0.39 is 5.82 Å². The summed E-state index contributed by atoms with van der Waals surface area (Å²) in [7, 11) is 0. The summed E-state index contributed by atoms with van der Waals surface area (Å²) >= 11 is 4.23. The van der Waals surface area contributed by atoms with Gasteiger partial charge in [0.05, 0.1) is 16.2 Å². The Hall–Kier alpha value is -1.07. The molecule has 0 radical (unpaired) electrons. The molecule has 0 aliphatic heterocycles. The van der Waals surface area contributed by atoms with Crippen molar-refractivity contribution in [2.24, 2.45) is 0 Å². The molecule has 2 nitrogen and oxygen atoms in total. The number of halogens is 2. The summed E-state index contributed by atoms with van der Waals surface area (Å²) in [5.41, 5.74) is 0.817. The van der Waals surface area contributed by atoms with Crippen molar-refractivity contribution in [1.82, 2.24) is 4.37 Å². The number of rotatable bonds is 2. The first-order valence-corrected chi connectivity index (χ1v) is 5.70. The van der Waals surface area contributed by atoms with E-state index in [1.54, 1.807) is 11.4 Å². The van der Waals surface area contributed by atoms with Crippen LogP contribution in [0.2, 0.25) is 0 Å². The van der Waals surface area contributed by atoms with E-state index >= 15 is 0 Å². The summed E-state index contributed by atoms with van der Waals surface area (Å²) in [6, 6.07) is 4.31. The van der Waals surface area contributed by atoms with E-state index in [0.717, 1.165) is 0 Å². The van der Waals surface area contributed by atoms with Crippen LogP contribution in [0.5, 0.6) is 0 Å². The van der Waals surface area contributed by atoms with E-state index in [4.69, 9.17) is 0 Å². The van der Waals surface area contributed by atoms with Crippen molar-refractivity contribution in [2.75, 3.05) is 0 Å². The van der Waals surface area contributed by atoms with Crippen LogP contribution in [0.25, 0.3) is 0 Å². The topological polar surface area (TPSA) is 30.0 Å². The number of aromatic nitrogens is 1. The Bertz CT molecular complexity index is 498. The highest BCUT2D eigenvalue weighted by Gasteiger charge is 2.11. The zero-order chi connectivity index (χ0) is 10.8. The van der Waals surface area contributed by atoms with Crippen LogP contribution in [-0.2, 0) is 0 Å². The molecule has 0 bridgehead atoms. The number of hydrogen-bond donors (Lipinski definition) is 0. The second-order valence-corrected chi connectivity index (χ2v) is 4.38. The standard InChI is InChI=1S/C10H5BrFNOS/c11-8-2-1-6(3-9(8)12)10(14)7-4-13-15-5-7/h1-5H. The lowest BCUT2D eigenvalue weighted by molar-refractivity contribution is 0.103. The predicted molar refractivity (Wildman–Crippen MR) is 59.6 cm³/mol. The molecule has 0 saturated heterocycles. The van der Waals surface area contributed by atoms with Crippen molar-refractivity contribution in [1.29, 1.82) is 0 Å². The van der Waals surface area contributed by atoms with Gasteiger partial charge in [-0.2, -0.15) is 0 Å². The van der Waals surface area contributed by atoms with E-state index in [9.17, 15) is 9.18 Å². The first-order valence-electron chi connectivity index (χ1n) is 4.07. The number of carbonyl (C=O) groups is 1. The molecule has 2 aromatic rings. The minimum Gasteiger partial charge on any atom is -0.289 e. The Kier molecular flexibility index (Phi) is 2.93. The largest absolute Gasteiger partial charge is 0.289 e. The normalized spacial score (nSPS) is 10.3. The van der Waals surface area contributed by atoms with Gasteiger partial charge in [0.15, 0.2) is 5.78 Å². The summed E-state index contributed by atoms with van der Waals surface area (Å²) in [4.78, 5) is 11.8. The second-order valence-electron chi connectivity index (χ2n) is 2.87. The average Bonchev–Trinajstić information content (AvgIpc) is 2.74. The van der Waals surface area contributed by atoms with E-state index in [0.29, 0.717) is 15.6 Å². The van der Waals surface area contributed by atoms with Crippen molar-refractivity contribution in [3.8, 4) is 0 Å². The van der Waals surface area contributed by atoms with Crippen molar-refractivity contribution < 1.29 is 9.18 Å². The van der Waals surface area contributed by atoms with Crippen LogP contribution in [0.4, 0.5) is 4.39 Å². The summed E-state index contributed by atoms with van der Waals surface area (Å²) < 4.78 is 17.3. The van der Waals surface area contributed by atoms with E-state index in [1.807, 2.05) is 0 Å². The van der Waals surface area contributed by atoms with Gasteiger partial charge in [-0.05, 0) is 45.7 Å². The minimum atomic E-state index is -0.441. The van der Waals surface area contributed by atoms with E-state index in [2.05, 4.69) is 20.3 Å². The van der Waals surface area contributed by atoms with Gasteiger partial charge in [-0.3, -0.25) is 4.79 Å². The van der Waals surface area contributed by atoms with Crippen molar-refractivity contribution >= 4 is 33.2 Å². The summed E-state index contributed by atoms with van der Waals surface area (Å²) in [5, 5.41) is 1.64. The lowest BCUT2D eigenvalue weighted by Crippen LogP contribution is -2.00. The Morgan fingerprint density at radius 1 is 1.40 bits per heavy atom. The fourth-order valence-electron chi connectivity index (χ4n) is 1.12. The van der Waals surface area contributed by atoms with Crippen LogP contribution in [0.15, 0.2) is 34.2 Å². The number of carbonyl (C=O) groups excluding carboxylic acids is 1. The van der Waals surface area contributed by atoms with Crippen molar-refractivity contribution in [3.63, 3.8) is 0 Å². The average molecular weight is 286 g/mol. The molecule has 0 N–H and O–H groups in total. The van der Waals surface area contributed by atoms with Gasteiger partial charge in [0.2, 0.25) is 0 Å². The van der Waals surface area contributed by atoms with Crippen LogP contribution in [0, 0.1) is 5.82 Å². The highest BCUT2D eigenvalue weighted by molar-refractivity contribution is 9.10. The third kappa shape index (κ3) is 2.13. The summed E-state index contributed by atoms with van der Waals surface area (Å²) in [5.74, 6) is -0.654. The summed E-state index contributed by atoms with van der Waals surface area (Å²) in [6.45, 7) is 0. The second kappa shape index (κ2) is 4.20. The molecular formula is C10H5BrFNOS. The van der Waals surface area contributed by atoms with E-state index in [1.165, 1.54) is 29.9 Å². The Labute approximate surface area is 98.0 Å². The maximum Gasteiger partial charge on any atom is 0.195 e. The molecule has 0 atom stereocenters. The molecule has 5 heteroatoms. The molecular weight excluding hydrogens is 281 g/mol. The van der Waals surface area contributed by atoms with Crippen LogP contribution in [-0.4, -0.2) is 10.2 Å². The van der Waals surface area contributed by atoms with Gasteiger partial charge < -0.3 is 0 Å². The zero-order valence-electron chi connectivity index (χ0n) is 7.41. The molecule has 0 amide bonds. The first kappa shape index (κ1) is 10.4. The summed E-state index contributed by atoms with van der Waals surface area (Å²) in [6.07, 6.45) is 1.48. The zero-order valence-corrected chi connectivity index (χ0v) is 9.81. The number of benzene rings is 1. The fraction of sp³-hybridized carbons (Fsp3) is 0. The molecule has 15 heavy (non-hydrogen) atoms. The molecule has 0 aliphatic carbocycles. The molecule has 0 fully saturated rings.